The highest BCUT2D eigenvalue weighted by Crippen LogP contribution is 2.33. The number of fused-ring (bicyclic) bond motifs is 2. The first kappa shape index (κ1) is 24.1. The fraction of sp³-hybridized carbons (Fsp3) is 0.267. The number of hydrogen-bond acceptors (Lipinski definition) is 5. The number of carbonyl (C=O) groups excluding carboxylic acids is 3. The van der Waals surface area contributed by atoms with Crippen LogP contribution >= 0.6 is 0 Å². The van der Waals surface area contributed by atoms with E-state index in [0.29, 0.717) is 18.5 Å². The molecule has 1 unspecified atom stereocenters. The summed E-state index contributed by atoms with van der Waals surface area (Å²) >= 11 is 0. The van der Waals surface area contributed by atoms with Crippen molar-refractivity contribution in [3.8, 4) is 11.1 Å². The highest BCUT2D eigenvalue weighted by molar-refractivity contribution is 6.05. The molecule has 1 saturated heterocycles. The van der Waals surface area contributed by atoms with Crippen LogP contribution in [0.15, 0.2) is 67.1 Å². The molecule has 2 aromatic carbocycles. The predicted octanol–water partition coefficient (Wildman–Crippen LogP) is 3.40. The van der Waals surface area contributed by atoms with Crippen LogP contribution in [0, 0.1) is 6.92 Å². The van der Waals surface area contributed by atoms with E-state index >= 15 is 0 Å². The summed E-state index contributed by atoms with van der Waals surface area (Å²) in [6, 6.07) is 15.8. The minimum absolute atomic E-state index is 0.168. The predicted molar refractivity (Wildman–Crippen MR) is 143 cm³/mol. The van der Waals surface area contributed by atoms with Gasteiger partial charge in [0.1, 0.15) is 11.7 Å². The zero-order valence-corrected chi connectivity index (χ0v) is 21.2. The number of amides is 3. The third kappa shape index (κ3) is 4.48. The quantitative estimate of drug-likeness (QED) is 0.295. The molecule has 0 spiro atoms. The van der Waals surface area contributed by atoms with Crippen molar-refractivity contribution in [1.82, 2.24) is 24.9 Å². The number of carbonyl (C=O) groups is 3. The number of pyridine rings is 1. The van der Waals surface area contributed by atoms with Gasteiger partial charge in [-0.2, -0.15) is 0 Å². The molecule has 0 bridgehead atoms. The van der Waals surface area contributed by atoms with Crippen LogP contribution in [-0.4, -0.2) is 44.6 Å². The molecular formula is C30H29N5O3. The second-order valence-electron chi connectivity index (χ2n) is 10.0. The van der Waals surface area contributed by atoms with Crippen molar-refractivity contribution in [1.29, 1.82) is 0 Å². The van der Waals surface area contributed by atoms with Crippen LogP contribution in [0.5, 0.6) is 0 Å². The number of aryl methyl sites for hydroxylation is 1. The number of benzene rings is 2. The van der Waals surface area contributed by atoms with Crippen molar-refractivity contribution in [3.05, 3.63) is 94.9 Å². The number of rotatable bonds is 7. The normalized spacial score (nSPS) is 17.2. The second kappa shape index (κ2) is 9.87. The third-order valence-electron chi connectivity index (χ3n) is 7.54. The maximum absolute atomic E-state index is 13.1. The van der Waals surface area contributed by atoms with Gasteiger partial charge in [0.2, 0.25) is 11.8 Å². The van der Waals surface area contributed by atoms with Crippen molar-refractivity contribution in [3.63, 3.8) is 0 Å². The zero-order chi connectivity index (χ0) is 26.2. The summed E-state index contributed by atoms with van der Waals surface area (Å²) < 4.78 is 2.03. The molecule has 0 saturated carbocycles. The molecule has 1 atom stereocenters. The van der Waals surface area contributed by atoms with E-state index in [1.165, 1.54) is 11.1 Å². The number of hydrogen-bond donors (Lipinski definition) is 2. The Hall–Kier alpha value is -4.30. The molecule has 2 aromatic heterocycles. The Labute approximate surface area is 220 Å². The van der Waals surface area contributed by atoms with E-state index in [1.54, 1.807) is 11.1 Å². The minimum Gasteiger partial charge on any atom is -0.322 e. The summed E-state index contributed by atoms with van der Waals surface area (Å²) in [5.41, 5.74) is 8.09. The first-order chi connectivity index (χ1) is 18.5. The monoisotopic (exact) mass is 507 g/mol. The van der Waals surface area contributed by atoms with Gasteiger partial charge in [-0.15, -0.1) is 0 Å². The largest absolute Gasteiger partial charge is 0.322 e. The van der Waals surface area contributed by atoms with Gasteiger partial charge in [0.25, 0.3) is 5.91 Å². The maximum Gasteiger partial charge on any atom is 0.255 e. The van der Waals surface area contributed by atoms with Gasteiger partial charge in [-0.3, -0.25) is 19.7 Å². The SMILES string of the molecule is Cc1ccccc1CCNCc1cc(-c2ccc3c(c2)CN(C2CCC(=O)NC2=O)C3=O)c2nccn2c1. The van der Waals surface area contributed by atoms with E-state index in [1.807, 2.05) is 28.8 Å². The van der Waals surface area contributed by atoms with E-state index < -0.39 is 11.9 Å². The lowest BCUT2D eigenvalue weighted by atomic mass is 10.00. The van der Waals surface area contributed by atoms with Crippen LogP contribution in [0.1, 0.15) is 45.5 Å². The lowest BCUT2D eigenvalue weighted by Crippen LogP contribution is -2.52. The number of imidazole rings is 1. The minimum atomic E-state index is -0.621. The van der Waals surface area contributed by atoms with Crippen molar-refractivity contribution in [2.45, 2.75) is 45.3 Å². The van der Waals surface area contributed by atoms with Crippen molar-refractivity contribution in [2.75, 3.05) is 6.54 Å². The van der Waals surface area contributed by atoms with Gasteiger partial charge in [0, 0.05) is 49.2 Å². The van der Waals surface area contributed by atoms with Gasteiger partial charge in [-0.25, -0.2) is 4.98 Å². The van der Waals surface area contributed by atoms with Gasteiger partial charge in [-0.05, 0) is 72.3 Å². The van der Waals surface area contributed by atoms with E-state index in [0.717, 1.165) is 47.4 Å². The lowest BCUT2D eigenvalue weighted by Gasteiger charge is -2.29. The summed E-state index contributed by atoms with van der Waals surface area (Å²) in [5.74, 6) is -0.853. The van der Waals surface area contributed by atoms with Crippen LogP contribution in [0.3, 0.4) is 0 Å². The van der Waals surface area contributed by atoms with Crippen molar-refractivity contribution in [2.24, 2.45) is 0 Å². The van der Waals surface area contributed by atoms with Crippen molar-refractivity contribution < 1.29 is 14.4 Å². The summed E-state index contributed by atoms with van der Waals surface area (Å²) in [7, 11) is 0. The molecule has 4 aromatic rings. The van der Waals surface area contributed by atoms with Crippen LogP contribution in [-0.2, 0) is 29.1 Å². The summed E-state index contributed by atoms with van der Waals surface area (Å²) in [5, 5.41) is 5.92. The molecule has 8 heteroatoms. The number of piperidine rings is 1. The molecule has 0 aliphatic carbocycles. The Morgan fingerprint density at radius 3 is 2.79 bits per heavy atom. The average Bonchev–Trinajstić information content (AvgIpc) is 3.51. The molecule has 3 amide bonds. The molecule has 4 heterocycles. The van der Waals surface area contributed by atoms with E-state index in [-0.39, 0.29) is 18.2 Å². The summed E-state index contributed by atoms with van der Waals surface area (Å²) in [4.78, 5) is 43.2. The molecule has 2 N–H and O–H groups in total. The molecule has 2 aliphatic rings. The van der Waals surface area contributed by atoms with Crippen LogP contribution in [0.25, 0.3) is 16.8 Å². The summed E-state index contributed by atoms with van der Waals surface area (Å²) in [6.45, 7) is 4.08. The maximum atomic E-state index is 13.1. The third-order valence-corrected chi connectivity index (χ3v) is 7.54. The molecular weight excluding hydrogens is 478 g/mol. The lowest BCUT2D eigenvalue weighted by molar-refractivity contribution is -0.136. The van der Waals surface area contributed by atoms with Crippen LogP contribution in [0.2, 0.25) is 0 Å². The Morgan fingerprint density at radius 1 is 1.08 bits per heavy atom. The standard InChI is InChI=1S/C30H29N5O3/c1-19-4-2-3-5-21(19)10-11-31-16-20-14-25(28-32-12-13-34(28)17-20)22-6-7-24-23(15-22)18-35(30(24)38)26-8-9-27(36)33-29(26)37/h2-7,12-15,17,26,31H,8-11,16,18H2,1H3,(H,33,36,37). The highest BCUT2D eigenvalue weighted by atomic mass is 16.2. The number of nitrogens with one attached hydrogen (secondary N) is 2. The Morgan fingerprint density at radius 2 is 1.95 bits per heavy atom. The van der Waals surface area contributed by atoms with Gasteiger partial charge in [-0.1, -0.05) is 30.3 Å². The molecule has 38 heavy (non-hydrogen) atoms. The molecule has 1 fully saturated rings. The van der Waals surface area contributed by atoms with Crippen LogP contribution < -0.4 is 10.6 Å². The number of nitrogens with zero attached hydrogens (tertiary/aromatic N) is 3. The van der Waals surface area contributed by atoms with Gasteiger partial charge in [0.05, 0.1) is 0 Å². The van der Waals surface area contributed by atoms with Gasteiger partial charge >= 0.3 is 0 Å². The number of imide groups is 1. The fourth-order valence-electron chi connectivity index (χ4n) is 5.49. The number of aromatic nitrogens is 2. The van der Waals surface area contributed by atoms with Crippen LogP contribution in [0.4, 0.5) is 0 Å². The van der Waals surface area contributed by atoms with Gasteiger partial charge in [0.15, 0.2) is 0 Å². The molecule has 192 valence electrons. The molecule has 0 radical (unpaired) electrons. The Kier molecular flexibility index (Phi) is 6.25. The zero-order valence-electron chi connectivity index (χ0n) is 21.2. The smallest absolute Gasteiger partial charge is 0.255 e. The van der Waals surface area contributed by atoms with E-state index in [9.17, 15) is 14.4 Å². The topological polar surface area (TPSA) is 95.8 Å². The fourth-order valence-corrected chi connectivity index (χ4v) is 5.49. The first-order valence-corrected chi connectivity index (χ1v) is 13.0. The molecule has 8 nitrogen and oxygen atoms in total. The van der Waals surface area contributed by atoms with Crippen molar-refractivity contribution >= 4 is 23.4 Å². The Balaban J connectivity index is 1.22. The molecule has 2 aliphatic heterocycles. The Bertz CT molecular complexity index is 1570. The highest BCUT2D eigenvalue weighted by Gasteiger charge is 2.39. The summed E-state index contributed by atoms with van der Waals surface area (Å²) in [6.07, 6.45) is 7.38. The van der Waals surface area contributed by atoms with Gasteiger partial charge < -0.3 is 14.6 Å². The first-order valence-electron chi connectivity index (χ1n) is 13.0. The molecule has 6 rings (SSSR count). The van der Waals surface area contributed by atoms with E-state index in [4.69, 9.17) is 0 Å². The second-order valence-corrected chi connectivity index (χ2v) is 10.0. The van der Waals surface area contributed by atoms with E-state index in [2.05, 4.69) is 59.1 Å². The average molecular weight is 508 g/mol.